The van der Waals surface area contributed by atoms with E-state index in [4.69, 9.17) is 5.26 Å². The van der Waals surface area contributed by atoms with E-state index in [1.165, 1.54) is 36.4 Å². The fraction of sp³-hybridized carbons (Fsp3) is 0.185. The Morgan fingerprint density at radius 3 is 1.68 bits per heavy atom. The van der Waals surface area contributed by atoms with Crippen molar-refractivity contribution in [3.05, 3.63) is 93.5 Å². The van der Waals surface area contributed by atoms with Crippen LogP contribution < -0.4 is 10.6 Å². The van der Waals surface area contributed by atoms with Crippen LogP contribution in [0.15, 0.2) is 54.6 Å². The molecule has 0 spiro atoms. The molecule has 6 nitrogen and oxygen atoms in total. The quantitative estimate of drug-likeness (QED) is 0.332. The molecule has 3 aromatic rings. The van der Waals surface area contributed by atoms with Crippen molar-refractivity contribution >= 4 is 23.2 Å². The van der Waals surface area contributed by atoms with Gasteiger partial charge in [0.1, 0.15) is 6.07 Å². The van der Waals surface area contributed by atoms with Crippen LogP contribution in [0.4, 0.5) is 42.1 Å². The lowest BCUT2D eigenvalue weighted by Gasteiger charge is -2.31. The zero-order valence-corrected chi connectivity index (χ0v) is 20.6. The number of alkyl halides is 7. The standard InChI is InChI=1S/C27H17F7N4O2/c1-14-9-20(25(28,26(29,30)31)27(32,33)34)10-15(2)22(14)38-24(40)18-7-8-19(13-36)21(11-18)37-23(39)17-5-3-16(12-35)4-6-17/h3-11H,1-2H3,(H,37,39)(H,38,40). The van der Waals surface area contributed by atoms with E-state index < -0.39 is 35.4 Å². The van der Waals surface area contributed by atoms with Crippen LogP contribution in [0.25, 0.3) is 0 Å². The molecule has 0 unspecified atom stereocenters. The maximum Gasteiger partial charge on any atom is 0.435 e. The number of amides is 2. The molecule has 0 fully saturated rings. The smallest absolute Gasteiger partial charge is 0.322 e. The molecular weight excluding hydrogens is 545 g/mol. The summed E-state index contributed by atoms with van der Waals surface area (Å²) in [5.74, 6) is -1.54. The Labute approximate surface area is 222 Å². The van der Waals surface area contributed by atoms with Gasteiger partial charge in [-0.2, -0.15) is 36.9 Å². The number of carbonyl (C=O) groups is 2. The van der Waals surface area contributed by atoms with Crippen LogP contribution in [-0.4, -0.2) is 24.2 Å². The number of aryl methyl sites for hydroxylation is 2. The van der Waals surface area contributed by atoms with E-state index in [1.807, 2.05) is 12.1 Å². The van der Waals surface area contributed by atoms with Crippen molar-refractivity contribution in [1.82, 2.24) is 0 Å². The van der Waals surface area contributed by atoms with Crippen LogP contribution >= 0.6 is 0 Å². The number of hydrogen-bond acceptors (Lipinski definition) is 4. The third-order valence-electron chi connectivity index (χ3n) is 5.88. The molecule has 2 N–H and O–H groups in total. The summed E-state index contributed by atoms with van der Waals surface area (Å²) < 4.78 is 93.6. The Hall–Kier alpha value is -4.91. The summed E-state index contributed by atoms with van der Waals surface area (Å²) in [5, 5.41) is 23.1. The van der Waals surface area contributed by atoms with E-state index in [0.717, 1.165) is 19.9 Å². The lowest BCUT2D eigenvalue weighted by Crippen LogP contribution is -2.50. The molecule has 0 aliphatic carbocycles. The third kappa shape index (κ3) is 5.59. The fourth-order valence-corrected chi connectivity index (χ4v) is 3.81. The largest absolute Gasteiger partial charge is 0.435 e. The van der Waals surface area contributed by atoms with Crippen molar-refractivity contribution < 1.29 is 40.3 Å². The van der Waals surface area contributed by atoms with E-state index >= 15 is 0 Å². The molecule has 0 saturated carbocycles. The number of nitrogens with one attached hydrogen (secondary N) is 2. The second-order valence-corrected chi connectivity index (χ2v) is 8.61. The first-order valence-electron chi connectivity index (χ1n) is 11.1. The van der Waals surface area contributed by atoms with Gasteiger partial charge in [-0.25, -0.2) is 4.39 Å². The maximum absolute atomic E-state index is 14.5. The predicted octanol–water partition coefficient (Wildman–Crippen LogP) is 6.84. The number of rotatable bonds is 5. The van der Waals surface area contributed by atoms with Crippen LogP contribution in [0.2, 0.25) is 0 Å². The molecular formula is C27H17F7N4O2. The Morgan fingerprint density at radius 2 is 1.20 bits per heavy atom. The SMILES string of the molecule is Cc1cc(C(F)(C(F)(F)F)C(F)(F)F)cc(C)c1NC(=O)c1ccc(C#N)c(NC(=O)c2ccc(C#N)cc2)c1. The van der Waals surface area contributed by atoms with Crippen LogP contribution in [0.5, 0.6) is 0 Å². The highest BCUT2D eigenvalue weighted by atomic mass is 19.4. The van der Waals surface area contributed by atoms with E-state index in [9.17, 15) is 45.6 Å². The Balaban J connectivity index is 1.92. The molecule has 3 rings (SSSR count). The summed E-state index contributed by atoms with van der Waals surface area (Å²) in [7, 11) is 0. The first-order chi connectivity index (χ1) is 18.5. The average Bonchev–Trinajstić information content (AvgIpc) is 2.88. The van der Waals surface area contributed by atoms with Gasteiger partial charge in [0.2, 0.25) is 0 Å². The van der Waals surface area contributed by atoms with Crippen molar-refractivity contribution in [1.29, 1.82) is 10.5 Å². The minimum absolute atomic E-state index is 0.0196. The predicted molar refractivity (Wildman–Crippen MR) is 129 cm³/mol. The van der Waals surface area contributed by atoms with Gasteiger partial charge in [-0.1, -0.05) is 12.1 Å². The molecule has 40 heavy (non-hydrogen) atoms. The number of nitriles is 2. The number of benzene rings is 3. The number of halogens is 7. The molecule has 0 heterocycles. The molecule has 0 bridgehead atoms. The molecule has 2 amide bonds. The van der Waals surface area contributed by atoms with Gasteiger partial charge in [-0.3, -0.25) is 9.59 Å². The molecule has 0 aliphatic heterocycles. The maximum atomic E-state index is 14.5. The highest BCUT2D eigenvalue weighted by molar-refractivity contribution is 6.08. The Kier molecular flexibility index (Phi) is 7.92. The topological polar surface area (TPSA) is 106 Å². The van der Waals surface area contributed by atoms with Crippen molar-refractivity contribution in [3.8, 4) is 12.1 Å². The first-order valence-corrected chi connectivity index (χ1v) is 11.1. The second kappa shape index (κ2) is 10.7. The summed E-state index contributed by atoms with van der Waals surface area (Å²) in [5.41, 5.74) is -7.79. The fourth-order valence-electron chi connectivity index (χ4n) is 3.81. The van der Waals surface area contributed by atoms with Crippen molar-refractivity contribution in [2.24, 2.45) is 0 Å². The minimum atomic E-state index is -6.30. The molecule has 0 atom stereocenters. The summed E-state index contributed by atoms with van der Waals surface area (Å²) in [4.78, 5) is 25.5. The van der Waals surface area contributed by atoms with Crippen LogP contribution in [-0.2, 0) is 5.67 Å². The van der Waals surface area contributed by atoms with E-state index in [0.29, 0.717) is 17.7 Å². The van der Waals surface area contributed by atoms with Gasteiger partial charge in [0.15, 0.2) is 0 Å². The Morgan fingerprint density at radius 1 is 0.700 bits per heavy atom. The minimum Gasteiger partial charge on any atom is -0.322 e. The van der Waals surface area contributed by atoms with E-state index in [2.05, 4.69) is 10.6 Å². The average molecular weight is 562 g/mol. The van der Waals surface area contributed by atoms with Gasteiger partial charge >= 0.3 is 18.0 Å². The highest BCUT2D eigenvalue weighted by Crippen LogP contribution is 2.53. The summed E-state index contributed by atoms with van der Waals surface area (Å²) >= 11 is 0. The van der Waals surface area contributed by atoms with Crippen molar-refractivity contribution in [2.45, 2.75) is 31.9 Å². The van der Waals surface area contributed by atoms with Crippen LogP contribution in [0.3, 0.4) is 0 Å². The van der Waals surface area contributed by atoms with Gasteiger partial charge in [-0.05, 0) is 67.4 Å². The lowest BCUT2D eigenvalue weighted by molar-refractivity contribution is -0.348. The highest BCUT2D eigenvalue weighted by Gasteiger charge is 2.73. The summed E-state index contributed by atoms with van der Waals surface area (Å²) in [6.45, 7) is 2.20. The van der Waals surface area contributed by atoms with E-state index in [-0.39, 0.29) is 39.2 Å². The third-order valence-corrected chi connectivity index (χ3v) is 5.88. The molecule has 3 aromatic carbocycles. The van der Waals surface area contributed by atoms with E-state index in [1.54, 1.807) is 0 Å². The first kappa shape index (κ1) is 29.6. The van der Waals surface area contributed by atoms with Gasteiger partial charge < -0.3 is 10.6 Å². The number of hydrogen-bond donors (Lipinski definition) is 2. The second-order valence-electron chi connectivity index (χ2n) is 8.61. The normalized spacial score (nSPS) is 11.8. The molecule has 0 aliphatic rings. The van der Waals surface area contributed by atoms with Crippen molar-refractivity contribution in [3.63, 3.8) is 0 Å². The summed E-state index contributed by atoms with van der Waals surface area (Å²) in [6, 6.07) is 13.6. The zero-order chi connectivity index (χ0) is 30.0. The lowest BCUT2D eigenvalue weighted by atomic mass is 9.90. The molecule has 0 aromatic heterocycles. The zero-order valence-electron chi connectivity index (χ0n) is 20.6. The number of carbonyl (C=O) groups excluding carboxylic acids is 2. The molecule has 206 valence electrons. The van der Waals surface area contributed by atoms with Crippen molar-refractivity contribution in [2.75, 3.05) is 10.6 Å². The summed E-state index contributed by atoms with van der Waals surface area (Å²) in [6.07, 6.45) is -12.6. The van der Waals surface area contributed by atoms with Gasteiger partial charge in [-0.15, -0.1) is 0 Å². The van der Waals surface area contributed by atoms with Gasteiger partial charge in [0, 0.05) is 22.4 Å². The number of nitrogens with zero attached hydrogens (tertiary/aromatic N) is 2. The molecule has 13 heteroatoms. The van der Waals surface area contributed by atoms with Gasteiger partial charge in [0.05, 0.1) is 22.9 Å². The monoisotopic (exact) mass is 562 g/mol. The van der Waals surface area contributed by atoms with Crippen LogP contribution in [0, 0.1) is 36.5 Å². The van der Waals surface area contributed by atoms with Gasteiger partial charge in [0.25, 0.3) is 11.8 Å². The molecule has 0 radical (unpaired) electrons. The molecule has 0 saturated heterocycles. The number of anilines is 2. The van der Waals surface area contributed by atoms with Crippen LogP contribution in [0.1, 0.15) is 48.5 Å². The Bertz CT molecular complexity index is 1530.